The minimum atomic E-state index is -2.97. The molecule has 0 spiro atoms. The Morgan fingerprint density at radius 3 is 0.840 bits per heavy atom. The fraction of sp³-hybridized carbons (Fsp3) is 0.500. The van der Waals surface area contributed by atoms with Crippen molar-refractivity contribution in [3.05, 3.63) is 0 Å². The third-order valence-electron chi connectivity index (χ3n) is 1.25. The zero-order chi connectivity index (χ0) is 10.6. The summed E-state index contributed by atoms with van der Waals surface area (Å²) in [4.78, 5) is 30.0. The van der Waals surface area contributed by atoms with Gasteiger partial charge in [0.1, 0.15) is 5.60 Å². The fourth-order valence-corrected chi connectivity index (χ4v) is 0.684. The van der Waals surface area contributed by atoms with Crippen LogP contribution in [0.1, 0.15) is 12.8 Å². The third kappa shape index (κ3) is 46.7. The van der Waals surface area contributed by atoms with Gasteiger partial charge in [0.15, 0.2) is 0 Å². The molecule has 0 aliphatic heterocycles. The Morgan fingerprint density at radius 2 is 0.760 bits per heavy atom. The van der Waals surface area contributed by atoms with Gasteiger partial charge in [-0.05, 0) is 0 Å². The molecule has 25 heavy (non-hydrogen) atoms. The molecule has 0 amide bonds. The van der Waals surface area contributed by atoms with Crippen LogP contribution in [0.25, 0.3) is 0 Å². The van der Waals surface area contributed by atoms with Gasteiger partial charge in [0, 0.05) is 24.8 Å². The normalized spacial score (nSPS) is 5.64. The van der Waals surface area contributed by atoms with Gasteiger partial charge in [0.2, 0.25) is 0 Å². The van der Waals surface area contributed by atoms with Crippen molar-refractivity contribution in [1.29, 1.82) is 0 Å². The molecule has 0 fully saturated rings. The number of aliphatic hydroxyl groups is 1. The number of hydrogen-bond acceptors (Lipinski definition) is 7. The molecule has 146 valence electrons. The quantitative estimate of drug-likeness (QED) is 0.379. The van der Waals surface area contributed by atoms with E-state index in [0.29, 0.717) is 0 Å². The topological polar surface area (TPSA) is 424 Å². The van der Waals surface area contributed by atoms with Crippen LogP contribution in [0, 0.1) is 0 Å². The molecule has 0 saturated carbocycles. The van der Waals surface area contributed by atoms with Crippen molar-refractivity contribution in [3.63, 3.8) is 0 Å². The number of aliphatic carboxylic acids is 3. The molecule has 19 N–H and O–H groups in total. The maximum absolute atomic E-state index is 10.1. The smallest absolute Gasteiger partial charge is 0.550 e. The van der Waals surface area contributed by atoms with E-state index in [1.807, 2.05) is 0 Å². The van der Waals surface area contributed by atoms with Crippen molar-refractivity contribution < 1.29 is 238 Å². The standard InChI is InChI=1S/C6H8O7.3K.9H2O/c7-3(8)1-6(13,5(11)12)2-4(9)10;;;;;;;;;;;;/h13H,1-2H2,(H,7,8)(H,9,10)(H,11,12);;;;9*1H2/q;3*+1;;;;;;;;;/p-3. The molecule has 19 heteroatoms. The molecule has 0 aromatic heterocycles. The Labute approximate surface area is 268 Å². The summed E-state index contributed by atoms with van der Waals surface area (Å²) in [7, 11) is 0. The average Bonchev–Trinajstić information content (AvgIpc) is 1.82. The van der Waals surface area contributed by atoms with Crippen molar-refractivity contribution in [2.24, 2.45) is 0 Å². The largest absolute Gasteiger partial charge is 1.00 e. The Hall–Kier alpha value is 2.92. The average molecular weight is 469 g/mol. The summed E-state index contributed by atoms with van der Waals surface area (Å²) >= 11 is 0. The van der Waals surface area contributed by atoms with Crippen LogP contribution in [0.15, 0.2) is 0 Å². The molecule has 0 bridgehead atoms. The molecule has 0 aliphatic rings. The second kappa shape index (κ2) is 45.6. The van der Waals surface area contributed by atoms with Crippen LogP contribution in [0.5, 0.6) is 0 Å². The third-order valence-corrected chi connectivity index (χ3v) is 1.25. The zero-order valence-corrected chi connectivity index (χ0v) is 23.2. The van der Waals surface area contributed by atoms with Gasteiger partial charge in [0.05, 0.1) is 5.97 Å². The van der Waals surface area contributed by atoms with Gasteiger partial charge in [-0.25, -0.2) is 0 Å². The minimum absolute atomic E-state index is 0. The van der Waals surface area contributed by atoms with E-state index in [9.17, 15) is 29.7 Å². The molecular formula is C6H23K3O16. The van der Waals surface area contributed by atoms with Gasteiger partial charge in [-0.1, -0.05) is 0 Å². The SMILES string of the molecule is O.O.O.O.O.O.O.O.O.O=C([O-])CC(O)(CC(=O)[O-])C(=O)[O-].[K+].[K+].[K+]. The molecule has 0 aromatic rings. The number of carboxylic acids is 3. The van der Waals surface area contributed by atoms with Crippen LogP contribution in [-0.2, 0) is 14.4 Å². The van der Waals surface area contributed by atoms with Crippen molar-refractivity contribution in [1.82, 2.24) is 0 Å². The summed E-state index contributed by atoms with van der Waals surface area (Å²) in [6.45, 7) is 0. The molecular weight excluding hydrogens is 445 g/mol. The van der Waals surface area contributed by atoms with E-state index in [-0.39, 0.29) is 203 Å². The number of carboxylic acid groups (broad SMARTS) is 3. The molecule has 0 atom stereocenters. The van der Waals surface area contributed by atoms with Gasteiger partial charge < -0.3 is 84.1 Å². The van der Waals surface area contributed by atoms with Gasteiger partial charge >= 0.3 is 154 Å². The molecule has 0 aromatic carbocycles. The monoisotopic (exact) mass is 468 g/mol. The van der Waals surface area contributed by atoms with Crippen LogP contribution in [0.3, 0.4) is 0 Å². The van der Waals surface area contributed by atoms with Gasteiger partial charge in [-0.3, -0.25) is 0 Å². The van der Waals surface area contributed by atoms with E-state index in [4.69, 9.17) is 5.11 Å². The molecule has 0 aliphatic carbocycles. The van der Waals surface area contributed by atoms with Crippen molar-refractivity contribution >= 4 is 17.9 Å². The van der Waals surface area contributed by atoms with Gasteiger partial charge in [-0.2, -0.15) is 0 Å². The first kappa shape index (κ1) is 90.9. The van der Waals surface area contributed by atoms with Gasteiger partial charge in [0.25, 0.3) is 0 Å². The van der Waals surface area contributed by atoms with Crippen LogP contribution in [0.4, 0.5) is 0 Å². The second-order valence-corrected chi connectivity index (χ2v) is 2.42. The molecule has 16 nitrogen and oxygen atoms in total. The Kier molecular flexibility index (Phi) is 166. The number of rotatable bonds is 5. The van der Waals surface area contributed by atoms with Crippen molar-refractivity contribution in [3.8, 4) is 0 Å². The first-order valence-electron chi connectivity index (χ1n) is 3.11. The van der Waals surface area contributed by atoms with E-state index in [1.165, 1.54) is 0 Å². The second-order valence-electron chi connectivity index (χ2n) is 2.42. The van der Waals surface area contributed by atoms with Crippen molar-refractivity contribution in [2.45, 2.75) is 18.4 Å². The van der Waals surface area contributed by atoms with Crippen LogP contribution < -0.4 is 169 Å². The summed E-state index contributed by atoms with van der Waals surface area (Å²) in [5.41, 5.74) is -2.97. The van der Waals surface area contributed by atoms with Gasteiger partial charge in [-0.15, -0.1) is 0 Å². The van der Waals surface area contributed by atoms with Crippen LogP contribution in [-0.4, -0.2) is 77.9 Å². The summed E-state index contributed by atoms with van der Waals surface area (Å²) in [5, 5.41) is 38.9. The maximum atomic E-state index is 10.1. The van der Waals surface area contributed by atoms with Crippen LogP contribution >= 0.6 is 0 Å². The van der Waals surface area contributed by atoms with E-state index in [0.717, 1.165) is 0 Å². The first-order chi connectivity index (χ1) is 5.78. The summed E-state index contributed by atoms with van der Waals surface area (Å²) in [6, 6.07) is 0. The summed E-state index contributed by atoms with van der Waals surface area (Å²) < 4.78 is 0. The van der Waals surface area contributed by atoms with E-state index in [1.54, 1.807) is 0 Å². The molecule has 0 rings (SSSR count). The minimum Gasteiger partial charge on any atom is -0.550 e. The Bertz CT molecular complexity index is 246. The summed E-state index contributed by atoms with van der Waals surface area (Å²) in [6.07, 6.45) is -2.72. The molecule has 0 radical (unpaired) electrons. The zero-order valence-electron chi connectivity index (χ0n) is 13.8. The maximum Gasteiger partial charge on any atom is 1.00 e. The van der Waals surface area contributed by atoms with Crippen molar-refractivity contribution in [2.75, 3.05) is 0 Å². The van der Waals surface area contributed by atoms with E-state index in [2.05, 4.69) is 0 Å². The van der Waals surface area contributed by atoms with E-state index >= 15 is 0 Å². The number of carbonyl (C=O) groups excluding carboxylic acids is 3. The summed E-state index contributed by atoms with van der Waals surface area (Å²) in [5.74, 6) is -5.98. The predicted octanol–water partition coefficient (Wildman–Crippen LogP) is -21.7. The predicted molar refractivity (Wildman–Crippen MR) is 61.7 cm³/mol. The molecule has 0 saturated heterocycles. The Balaban J connectivity index is -0.0000000109. The Morgan fingerprint density at radius 1 is 0.600 bits per heavy atom. The fourth-order valence-electron chi connectivity index (χ4n) is 0.684. The van der Waals surface area contributed by atoms with Crippen LogP contribution in [0.2, 0.25) is 0 Å². The molecule has 0 heterocycles. The molecule has 0 unspecified atom stereocenters. The number of hydrogen-bond donors (Lipinski definition) is 1. The van der Waals surface area contributed by atoms with E-state index < -0.39 is 36.4 Å². The first-order valence-corrected chi connectivity index (χ1v) is 3.11. The number of carbonyl (C=O) groups is 3.